The summed E-state index contributed by atoms with van der Waals surface area (Å²) in [6.45, 7) is 12.8. The number of thiophene rings is 1. The Morgan fingerprint density at radius 1 is 0.887 bits per heavy atom. The van der Waals surface area contributed by atoms with Gasteiger partial charge in [-0.25, -0.2) is 4.98 Å². The van der Waals surface area contributed by atoms with E-state index in [0.717, 1.165) is 55.9 Å². The van der Waals surface area contributed by atoms with Gasteiger partial charge in [0.25, 0.3) is 5.91 Å². The van der Waals surface area contributed by atoms with E-state index in [-0.39, 0.29) is 18.2 Å². The molecule has 3 aromatic heterocycles. The van der Waals surface area contributed by atoms with Crippen LogP contribution in [0.15, 0.2) is 53.5 Å². The van der Waals surface area contributed by atoms with Gasteiger partial charge in [0.1, 0.15) is 16.9 Å². The predicted octanol–water partition coefficient (Wildman–Crippen LogP) is 7.17. The lowest BCUT2D eigenvalue weighted by Gasteiger charge is -2.13. The molecule has 0 saturated carbocycles. The van der Waals surface area contributed by atoms with Gasteiger partial charge in [0.2, 0.25) is 5.91 Å². The lowest BCUT2D eigenvalue weighted by Crippen LogP contribution is -2.29. The Bertz CT molecular complexity index is 2090. The second kappa shape index (κ2) is 17.6. The van der Waals surface area contributed by atoms with Crippen LogP contribution in [0.4, 0.5) is 10.8 Å². The van der Waals surface area contributed by atoms with Crippen LogP contribution in [-0.2, 0) is 14.3 Å². The highest BCUT2D eigenvalue weighted by Gasteiger charge is 2.32. The molecule has 4 heterocycles. The minimum Gasteiger partial charge on any atom is -0.384 e. The molecule has 0 radical (unpaired) electrons. The van der Waals surface area contributed by atoms with Crippen LogP contribution in [0.25, 0.3) is 5.00 Å². The molecule has 278 valence electrons. The third kappa shape index (κ3) is 9.19. The van der Waals surface area contributed by atoms with Crippen molar-refractivity contribution in [3.63, 3.8) is 0 Å². The van der Waals surface area contributed by atoms with Crippen molar-refractivity contribution in [1.82, 2.24) is 25.1 Å². The standard InChI is InChI=1S/C38H43ClN8O4S2/c1-22-24(3)52-37-33(22)34(27-11-13-28(39)14-12-27)43-31(35-46-45-26(5)47(35)37)21-32(48)41-16-18-51-20-19-50-17-8-15-40-30-10-7-6-9-29(30)36(49)44-38-42-23(2)25(4)53-38/h6-7,9-14,31,40H,8,15-21H2,1-5H3,(H,41,48)(H,42,44,49)/t31-/m0/s1. The fourth-order valence-electron chi connectivity index (χ4n) is 5.89. The minimum absolute atomic E-state index is 0.111. The van der Waals surface area contributed by atoms with E-state index in [0.29, 0.717) is 61.1 Å². The fourth-order valence-corrected chi connectivity index (χ4v) is 8.04. The molecule has 1 aliphatic heterocycles. The molecular weight excluding hydrogens is 732 g/mol. The second-order valence-electron chi connectivity index (χ2n) is 12.6. The third-order valence-corrected chi connectivity index (χ3v) is 11.3. The summed E-state index contributed by atoms with van der Waals surface area (Å²) in [7, 11) is 0. The molecule has 0 spiro atoms. The molecule has 5 aromatic rings. The lowest BCUT2D eigenvalue weighted by atomic mass is 9.99. The van der Waals surface area contributed by atoms with Crippen LogP contribution in [0, 0.1) is 34.6 Å². The molecule has 0 unspecified atom stereocenters. The molecule has 6 rings (SSSR count). The van der Waals surface area contributed by atoms with E-state index in [1.807, 2.05) is 67.8 Å². The van der Waals surface area contributed by atoms with Crippen molar-refractivity contribution in [2.75, 3.05) is 50.2 Å². The zero-order chi connectivity index (χ0) is 37.5. The molecule has 0 saturated heterocycles. The smallest absolute Gasteiger partial charge is 0.259 e. The number of thiazole rings is 1. The first-order chi connectivity index (χ1) is 25.6. The molecule has 2 aromatic carbocycles. The van der Waals surface area contributed by atoms with Gasteiger partial charge in [-0.2, -0.15) is 0 Å². The molecule has 2 amide bonds. The summed E-state index contributed by atoms with van der Waals surface area (Å²) in [5.74, 6) is 1.03. The summed E-state index contributed by atoms with van der Waals surface area (Å²) in [5, 5.41) is 20.3. The number of carbonyl (C=O) groups is 2. The van der Waals surface area contributed by atoms with Crippen molar-refractivity contribution in [3.8, 4) is 5.00 Å². The summed E-state index contributed by atoms with van der Waals surface area (Å²) >= 11 is 9.35. The SMILES string of the molecule is Cc1nc(NC(=O)c2ccccc2NCCCOCCOCCNC(=O)C[C@@H]2N=C(c3ccc(Cl)cc3)c3c(sc(C)c3C)-n3c(C)nnc32)sc1C. The average Bonchev–Trinajstić information content (AvgIpc) is 3.74. The number of ether oxygens (including phenoxy) is 2. The van der Waals surface area contributed by atoms with Crippen LogP contribution in [0.3, 0.4) is 0 Å². The predicted molar refractivity (Wildman–Crippen MR) is 212 cm³/mol. The molecule has 53 heavy (non-hydrogen) atoms. The number of anilines is 2. The largest absolute Gasteiger partial charge is 0.384 e. The number of benzene rings is 2. The number of halogens is 1. The molecule has 12 nitrogen and oxygen atoms in total. The van der Waals surface area contributed by atoms with Gasteiger partial charge in [-0.1, -0.05) is 35.9 Å². The van der Waals surface area contributed by atoms with Gasteiger partial charge in [0.15, 0.2) is 11.0 Å². The number of amides is 2. The van der Waals surface area contributed by atoms with Crippen molar-refractivity contribution in [1.29, 1.82) is 0 Å². The quantitative estimate of drug-likeness (QED) is 0.0896. The van der Waals surface area contributed by atoms with Crippen LogP contribution in [-0.4, -0.2) is 76.8 Å². The van der Waals surface area contributed by atoms with Crippen LogP contribution in [0.2, 0.25) is 5.02 Å². The van der Waals surface area contributed by atoms with Crippen LogP contribution in [0.1, 0.15) is 73.0 Å². The summed E-state index contributed by atoms with van der Waals surface area (Å²) in [6.07, 6.45) is 0.861. The number of aromatic nitrogens is 4. The molecule has 0 aliphatic carbocycles. The topological polar surface area (TPSA) is 145 Å². The van der Waals surface area contributed by atoms with Gasteiger partial charge in [0, 0.05) is 51.3 Å². The van der Waals surface area contributed by atoms with Gasteiger partial charge < -0.3 is 20.1 Å². The minimum atomic E-state index is -0.534. The third-order valence-electron chi connectivity index (χ3n) is 8.88. The van der Waals surface area contributed by atoms with Gasteiger partial charge in [-0.05, 0) is 70.9 Å². The number of aliphatic imine (C=N–C) groups is 1. The number of fused-ring (bicyclic) bond motifs is 3. The number of para-hydroxylation sites is 1. The lowest BCUT2D eigenvalue weighted by molar-refractivity contribution is -0.121. The van der Waals surface area contributed by atoms with Gasteiger partial charge in [-0.3, -0.25) is 24.5 Å². The summed E-state index contributed by atoms with van der Waals surface area (Å²) < 4.78 is 13.5. The monoisotopic (exact) mass is 774 g/mol. The molecule has 15 heteroatoms. The Kier molecular flexibility index (Phi) is 12.7. The molecule has 0 bridgehead atoms. The molecular formula is C38H43ClN8O4S2. The Labute approximate surface area is 322 Å². The fraction of sp³-hybridized carbons (Fsp3) is 0.368. The van der Waals surface area contributed by atoms with Gasteiger partial charge >= 0.3 is 0 Å². The Hall–Kier alpha value is -4.47. The summed E-state index contributed by atoms with van der Waals surface area (Å²) in [6, 6.07) is 14.5. The zero-order valence-corrected chi connectivity index (χ0v) is 32.8. The maximum Gasteiger partial charge on any atom is 0.259 e. The normalized spacial score (nSPS) is 13.5. The molecule has 1 atom stereocenters. The zero-order valence-electron chi connectivity index (χ0n) is 30.4. The number of rotatable bonds is 16. The van der Waals surface area contributed by atoms with Crippen molar-refractivity contribution in [3.05, 3.63) is 103 Å². The van der Waals surface area contributed by atoms with E-state index >= 15 is 0 Å². The van der Waals surface area contributed by atoms with Crippen LogP contribution in [0.5, 0.6) is 0 Å². The highest BCUT2D eigenvalue weighted by atomic mass is 35.5. The second-order valence-corrected chi connectivity index (χ2v) is 15.5. The number of aryl methyl sites for hydroxylation is 4. The number of hydrogen-bond donors (Lipinski definition) is 3. The van der Waals surface area contributed by atoms with Crippen molar-refractivity contribution in [2.45, 2.75) is 53.5 Å². The number of nitrogens with zero attached hydrogens (tertiary/aromatic N) is 5. The Morgan fingerprint density at radius 3 is 2.40 bits per heavy atom. The van der Waals surface area contributed by atoms with Crippen LogP contribution >= 0.6 is 34.3 Å². The highest BCUT2D eigenvalue weighted by Crippen LogP contribution is 2.39. The maximum atomic E-state index is 13.2. The molecule has 1 aliphatic rings. The van der Waals surface area contributed by atoms with Crippen molar-refractivity contribution in [2.24, 2.45) is 4.99 Å². The van der Waals surface area contributed by atoms with E-state index in [4.69, 9.17) is 26.1 Å². The van der Waals surface area contributed by atoms with Crippen molar-refractivity contribution < 1.29 is 19.1 Å². The van der Waals surface area contributed by atoms with Gasteiger partial charge in [-0.15, -0.1) is 32.9 Å². The number of nitrogens with one attached hydrogen (secondary N) is 3. The average molecular weight is 775 g/mol. The van der Waals surface area contributed by atoms with Crippen LogP contribution < -0.4 is 16.0 Å². The molecule has 0 fully saturated rings. The van der Waals surface area contributed by atoms with E-state index in [9.17, 15) is 9.59 Å². The number of carbonyl (C=O) groups excluding carboxylic acids is 2. The molecule has 3 N–H and O–H groups in total. The van der Waals surface area contributed by atoms with Crippen molar-refractivity contribution >= 4 is 62.6 Å². The first-order valence-corrected chi connectivity index (χ1v) is 19.5. The first-order valence-electron chi connectivity index (χ1n) is 17.5. The Morgan fingerprint density at radius 2 is 1.64 bits per heavy atom. The van der Waals surface area contributed by atoms with E-state index in [1.54, 1.807) is 17.4 Å². The van der Waals surface area contributed by atoms with E-state index in [1.165, 1.54) is 16.2 Å². The first kappa shape index (κ1) is 38.3. The maximum absolute atomic E-state index is 13.2. The summed E-state index contributed by atoms with van der Waals surface area (Å²) in [5.41, 5.74) is 6.13. The van der Waals surface area contributed by atoms with E-state index in [2.05, 4.69) is 45.0 Å². The van der Waals surface area contributed by atoms with E-state index < -0.39 is 6.04 Å². The highest BCUT2D eigenvalue weighted by molar-refractivity contribution is 7.16. The number of hydrogen-bond acceptors (Lipinski definition) is 11. The Balaban J connectivity index is 0.922. The van der Waals surface area contributed by atoms with Gasteiger partial charge in [0.05, 0.1) is 43.2 Å². The summed E-state index contributed by atoms with van der Waals surface area (Å²) in [4.78, 5) is 37.9.